The Morgan fingerprint density at radius 1 is 0.820 bits per heavy atom. The maximum Gasteiger partial charge on any atom is 0.500 e. The molecule has 0 saturated carbocycles. The van der Waals surface area contributed by atoms with Crippen molar-refractivity contribution in [3.63, 3.8) is 0 Å². The van der Waals surface area contributed by atoms with E-state index < -0.39 is 26.6 Å². The summed E-state index contributed by atoms with van der Waals surface area (Å²) in [6.45, 7) is 5.91. The normalized spacial score (nSPS) is 13.9. The fourth-order valence-corrected chi connectivity index (χ4v) is 8.02. The van der Waals surface area contributed by atoms with Crippen LogP contribution in [0.25, 0.3) is 0 Å². The van der Waals surface area contributed by atoms with E-state index in [4.69, 9.17) is 40.4 Å². The summed E-state index contributed by atoms with van der Waals surface area (Å²) in [5, 5.41) is 16.3. The smallest absolute Gasteiger partial charge is 0.392 e. The minimum atomic E-state index is -2.31. The van der Waals surface area contributed by atoms with E-state index in [0.29, 0.717) is 41.3 Å². The lowest BCUT2D eigenvalue weighted by Crippen LogP contribution is -2.42. The minimum Gasteiger partial charge on any atom is -0.392 e. The van der Waals surface area contributed by atoms with E-state index >= 15 is 0 Å². The molecule has 2 fully saturated rings. The molecule has 0 spiro atoms. The zero-order valence-corrected chi connectivity index (χ0v) is 40.8. The molecule has 2 heterocycles. The summed E-state index contributed by atoms with van der Waals surface area (Å²) in [6.07, 6.45) is 7.96. The number of nitrogens with zero attached hydrogens (tertiary/aromatic N) is 1. The number of primary amides is 3. The molecule has 2 unspecified atom stereocenters. The van der Waals surface area contributed by atoms with Crippen molar-refractivity contribution in [2.24, 2.45) is 23.1 Å². The number of carbonyl (C=O) groups excluding carboxylic acids is 8. The number of hydroxylamine groups is 2. The highest BCUT2D eigenvalue weighted by atomic mass is 32.2. The number of hydrogen-bond donors (Lipinski definition) is 8. The lowest BCUT2D eigenvalue weighted by Gasteiger charge is -2.24. The second-order valence-electron chi connectivity index (χ2n) is 12.2. The van der Waals surface area contributed by atoms with Gasteiger partial charge in [0.15, 0.2) is 10.2 Å². The Hall–Kier alpha value is -2.34. The standard InChI is InChI=1S/C9H11NO5S.C9H19NO2S.C9H20O4Si.C5H9NO2S.C3H7NOS.H3NO.H3N/c1-6(11)16-5-4-9(14)15-10-7(12)2-3-8(10)13;1-2-3-4-8(11)7-13-6-5-9(10)12;1-10-14(11-2,12-3)7-5-4-6-9-8-13-9;1-4(7)9-3-2-5(6)8;4-3(5)1-2-6;1-2;/h2-5H2,1H3;8,11H,2-7H2,1H3,(H2,10,12);9H,4-8H2,1-3H3;2-3H2,1H3,(H2,6,8);6H,1-2H2,(H2,4,5);2H,1H2;1H3. The summed E-state index contributed by atoms with van der Waals surface area (Å²) in [4.78, 5) is 88.9. The van der Waals surface area contributed by atoms with E-state index in [1.807, 2.05) is 0 Å². The lowest BCUT2D eigenvalue weighted by atomic mass is 10.2. The number of ether oxygens (including phenoxy) is 1. The SMILES string of the molecule is CC(=O)SCCC(=O)ON1C(=O)CCC1=O.CC(=O)SCCC(N)=O.CCCCC(O)CSCCC(N)=O.CO[Si](CCCCC1CO1)(OC)OC.N.NC(=O)CCS.NO. The molecule has 0 bridgehead atoms. The average Bonchev–Trinajstić information content (AvgIpc) is 3.97. The third-order valence-electron chi connectivity index (χ3n) is 7.11. The number of thiol groups is 1. The van der Waals surface area contributed by atoms with Crippen LogP contribution in [0.5, 0.6) is 0 Å². The highest BCUT2D eigenvalue weighted by molar-refractivity contribution is 8.13. The van der Waals surface area contributed by atoms with E-state index in [-0.39, 0.29) is 71.6 Å². The molecule has 2 atom stereocenters. The van der Waals surface area contributed by atoms with Gasteiger partial charge in [-0.2, -0.15) is 24.4 Å². The maximum atomic E-state index is 11.2. The molecule has 13 N–H and O–H groups in total. The van der Waals surface area contributed by atoms with Gasteiger partial charge in [-0.25, -0.2) is 10.7 Å². The molecule has 2 aliphatic rings. The molecule has 21 nitrogen and oxygen atoms in total. The zero-order chi connectivity index (χ0) is 46.9. The van der Waals surface area contributed by atoms with Crippen molar-refractivity contribution in [1.29, 1.82) is 0 Å². The topological polar surface area (TPSA) is 369 Å². The minimum absolute atomic E-state index is 0. The second-order valence-corrected chi connectivity index (χ2v) is 19.4. The van der Waals surface area contributed by atoms with Gasteiger partial charge in [0, 0.05) is 96.3 Å². The molecule has 360 valence electrons. The molecule has 0 aromatic heterocycles. The first kappa shape index (κ1) is 67.7. The Balaban J connectivity index is -0.000000217. The van der Waals surface area contributed by atoms with Crippen molar-refractivity contribution in [1.82, 2.24) is 11.2 Å². The number of nitrogens with two attached hydrogens (primary N) is 4. The van der Waals surface area contributed by atoms with Crippen LogP contribution in [0, 0.1) is 0 Å². The van der Waals surface area contributed by atoms with Crippen molar-refractivity contribution < 1.29 is 71.5 Å². The summed E-state index contributed by atoms with van der Waals surface area (Å²) < 4.78 is 21.1. The van der Waals surface area contributed by atoms with Gasteiger partial charge in [0.2, 0.25) is 17.7 Å². The third-order valence-corrected chi connectivity index (χ3v) is 12.9. The van der Waals surface area contributed by atoms with Crippen LogP contribution in [0.3, 0.4) is 0 Å². The summed E-state index contributed by atoms with van der Waals surface area (Å²) in [5.74, 6) is 3.67. The van der Waals surface area contributed by atoms with Gasteiger partial charge in [0.1, 0.15) is 0 Å². The van der Waals surface area contributed by atoms with Crippen LogP contribution in [0.4, 0.5) is 0 Å². The Morgan fingerprint density at radius 3 is 1.66 bits per heavy atom. The van der Waals surface area contributed by atoms with E-state index in [2.05, 4.69) is 30.3 Å². The van der Waals surface area contributed by atoms with Gasteiger partial charge in [-0.15, -0.1) is 5.06 Å². The number of imide groups is 1. The van der Waals surface area contributed by atoms with Gasteiger partial charge in [-0.1, -0.05) is 49.7 Å². The Labute approximate surface area is 379 Å². The summed E-state index contributed by atoms with van der Waals surface area (Å²) in [5.41, 5.74) is 14.5. The summed E-state index contributed by atoms with van der Waals surface area (Å²) in [7, 11) is 2.66. The highest BCUT2D eigenvalue weighted by Crippen LogP contribution is 2.21. The van der Waals surface area contributed by atoms with Crippen LogP contribution in [-0.2, 0) is 61.2 Å². The van der Waals surface area contributed by atoms with E-state index in [1.54, 1.807) is 33.1 Å². The van der Waals surface area contributed by atoms with Gasteiger partial charge in [0.05, 0.1) is 25.2 Å². The Bertz CT molecular complexity index is 1190. The Kier molecular flexibility index (Phi) is 50.7. The van der Waals surface area contributed by atoms with Crippen LogP contribution in [0.1, 0.15) is 97.8 Å². The fourth-order valence-electron chi connectivity index (χ4n) is 3.91. The molecule has 0 radical (unpaired) electrons. The molecule has 0 aromatic rings. The van der Waals surface area contributed by atoms with Gasteiger partial charge in [-0.05, 0) is 25.0 Å². The Morgan fingerprint density at radius 2 is 1.28 bits per heavy atom. The maximum absolute atomic E-state index is 11.2. The van der Waals surface area contributed by atoms with Gasteiger partial charge < -0.3 is 56.5 Å². The van der Waals surface area contributed by atoms with Crippen LogP contribution in [-0.4, -0.2) is 139 Å². The monoisotopic (exact) mass is 972 g/mol. The average molecular weight is 973 g/mol. The molecule has 61 heavy (non-hydrogen) atoms. The number of rotatable bonds is 25. The van der Waals surface area contributed by atoms with E-state index in [1.165, 1.54) is 13.8 Å². The predicted molar refractivity (Wildman–Crippen MR) is 242 cm³/mol. The van der Waals surface area contributed by atoms with E-state index in [9.17, 15) is 43.5 Å². The van der Waals surface area contributed by atoms with Crippen LogP contribution in [0.15, 0.2) is 0 Å². The number of aliphatic hydroxyl groups is 1. The van der Waals surface area contributed by atoms with Crippen molar-refractivity contribution in [3.8, 4) is 0 Å². The lowest BCUT2D eigenvalue weighted by molar-refractivity contribution is -0.197. The molecule has 0 aromatic carbocycles. The van der Waals surface area contributed by atoms with Crippen molar-refractivity contribution >= 4 is 102 Å². The quantitative estimate of drug-likeness (QED) is 0.0162. The first-order valence-electron chi connectivity index (χ1n) is 18.9. The molecular weight excluding hydrogens is 901 g/mol. The van der Waals surface area contributed by atoms with Gasteiger partial charge in [-0.3, -0.25) is 33.6 Å². The predicted octanol–water partition coefficient (Wildman–Crippen LogP) is 2.27. The first-order chi connectivity index (χ1) is 28.3. The number of hydrogen-bond acceptors (Lipinski definition) is 21. The molecule has 2 rings (SSSR count). The molecule has 2 saturated heterocycles. The number of amides is 5. The van der Waals surface area contributed by atoms with Gasteiger partial charge >= 0.3 is 14.8 Å². The molecule has 5 amide bonds. The van der Waals surface area contributed by atoms with Crippen molar-refractivity contribution in [2.75, 3.05) is 56.7 Å². The first-order valence-corrected chi connectivity index (χ1v) is 24.6. The third kappa shape index (κ3) is 48.5. The number of thioether (sulfide) groups is 3. The summed E-state index contributed by atoms with van der Waals surface area (Å²) >= 11 is 7.46. The van der Waals surface area contributed by atoms with Crippen molar-refractivity contribution in [2.45, 2.75) is 116 Å². The number of epoxide rings is 1. The fraction of sp³-hybridized carbons (Fsp3) is 0.771. The molecule has 2 aliphatic heterocycles. The van der Waals surface area contributed by atoms with Gasteiger partial charge in [0.25, 0.3) is 11.8 Å². The second kappa shape index (κ2) is 45.7. The van der Waals surface area contributed by atoms with Crippen LogP contribution >= 0.6 is 47.9 Å². The molecule has 0 aliphatic carbocycles. The van der Waals surface area contributed by atoms with E-state index in [0.717, 1.165) is 80.5 Å². The van der Waals surface area contributed by atoms with Crippen LogP contribution < -0.4 is 29.2 Å². The number of aliphatic hydroxyl groups excluding tert-OH is 1. The molecule has 26 heteroatoms. The zero-order valence-electron chi connectivity index (χ0n) is 36.4. The number of unbranched alkanes of at least 4 members (excludes halogenated alkanes) is 2. The number of carbonyl (C=O) groups is 8. The van der Waals surface area contributed by atoms with Crippen molar-refractivity contribution in [3.05, 3.63) is 0 Å². The summed E-state index contributed by atoms with van der Waals surface area (Å²) in [6, 6.07) is 0.892. The highest BCUT2D eigenvalue weighted by Gasteiger charge is 2.37. The molecular formula is C35H72N6O15S4Si. The largest absolute Gasteiger partial charge is 0.500 e. The van der Waals surface area contributed by atoms with Crippen LogP contribution in [0.2, 0.25) is 6.04 Å².